The number of nitrogens with one attached hydrogen (secondary N) is 1. The lowest BCUT2D eigenvalue weighted by atomic mass is 9.94. The van der Waals surface area contributed by atoms with Crippen molar-refractivity contribution in [2.24, 2.45) is 5.92 Å². The maximum absolute atomic E-state index is 12.5. The molecular weight excluding hydrogens is 344 g/mol. The number of halogens is 1. The van der Waals surface area contributed by atoms with Crippen molar-refractivity contribution in [1.82, 2.24) is 10.2 Å². The van der Waals surface area contributed by atoms with E-state index in [1.54, 1.807) is 0 Å². The highest BCUT2D eigenvalue weighted by Gasteiger charge is 2.29. The summed E-state index contributed by atoms with van der Waals surface area (Å²) in [7, 11) is 0. The Bertz CT molecular complexity index is 558. The quantitative estimate of drug-likeness (QED) is 0.873. The van der Waals surface area contributed by atoms with E-state index in [9.17, 15) is 9.59 Å². The second-order valence-electron chi connectivity index (χ2n) is 6.79. The van der Waals surface area contributed by atoms with Crippen molar-refractivity contribution in [3.63, 3.8) is 0 Å². The van der Waals surface area contributed by atoms with Gasteiger partial charge < -0.3 is 10.2 Å². The number of benzene rings is 1. The second kappa shape index (κ2) is 6.82. The second-order valence-corrected chi connectivity index (χ2v) is 7.64. The highest BCUT2D eigenvalue weighted by Crippen LogP contribution is 2.23. The van der Waals surface area contributed by atoms with Gasteiger partial charge in [0.1, 0.15) is 0 Å². The van der Waals surface area contributed by atoms with Crippen LogP contribution in [0.4, 0.5) is 0 Å². The first-order valence-electron chi connectivity index (χ1n) is 7.64. The minimum absolute atomic E-state index is 0.00230. The molecule has 1 fully saturated rings. The topological polar surface area (TPSA) is 49.4 Å². The summed E-state index contributed by atoms with van der Waals surface area (Å²) in [5.74, 6) is 0.130. The first-order valence-corrected chi connectivity index (χ1v) is 8.43. The first kappa shape index (κ1) is 17.0. The summed E-state index contributed by atoms with van der Waals surface area (Å²) < 4.78 is 0.813. The van der Waals surface area contributed by atoms with Crippen LogP contribution in [-0.2, 0) is 4.79 Å². The van der Waals surface area contributed by atoms with Crippen LogP contribution in [0.3, 0.4) is 0 Å². The monoisotopic (exact) mass is 366 g/mol. The van der Waals surface area contributed by atoms with E-state index in [0.29, 0.717) is 18.7 Å². The first-order chi connectivity index (χ1) is 10.3. The highest BCUT2D eigenvalue weighted by molar-refractivity contribution is 9.10. The van der Waals surface area contributed by atoms with E-state index in [0.717, 1.165) is 17.3 Å². The fourth-order valence-corrected chi connectivity index (χ4v) is 3.08. The molecule has 1 aromatic rings. The summed E-state index contributed by atoms with van der Waals surface area (Å²) in [6.07, 6.45) is 1.44. The molecule has 1 heterocycles. The number of hydrogen-bond donors (Lipinski definition) is 1. The summed E-state index contributed by atoms with van der Waals surface area (Å²) >= 11 is 3.42. The molecule has 0 atom stereocenters. The Labute approximate surface area is 140 Å². The molecular formula is C17H23BrN2O2. The SMILES string of the molecule is CC(C)(C)NC(=O)C1CCN(C(=O)c2ccccc2Br)CC1. The van der Waals surface area contributed by atoms with Crippen molar-refractivity contribution in [3.05, 3.63) is 34.3 Å². The van der Waals surface area contributed by atoms with E-state index >= 15 is 0 Å². The van der Waals surface area contributed by atoms with Gasteiger partial charge in [0, 0.05) is 29.0 Å². The third-order valence-corrected chi connectivity index (χ3v) is 4.45. The molecule has 0 radical (unpaired) electrons. The lowest BCUT2D eigenvalue weighted by Gasteiger charge is -2.33. The van der Waals surface area contributed by atoms with Crippen LogP contribution in [0.25, 0.3) is 0 Å². The maximum Gasteiger partial charge on any atom is 0.254 e. The van der Waals surface area contributed by atoms with E-state index in [2.05, 4.69) is 21.2 Å². The molecule has 1 N–H and O–H groups in total. The molecule has 2 amide bonds. The van der Waals surface area contributed by atoms with Crippen LogP contribution in [-0.4, -0.2) is 35.3 Å². The average Bonchev–Trinajstić information content (AvgIpc) is 2.45. The molecule has 0 bridgehead atoms. The molecule has 1 saturated heterocycles. The van der Waals surface area contributed by atoms with Gasteiger partial charge >= 0.3 is 0 Å². The predicted octanol–water partition coefficient (Wildman–Crippen LogP) is 3.22. The fraction of sp³-hybridized carbons (Fsp3) is 0.529. The number of likely N-dealkylation sites (tertiary alicyclic amines) is 1. The molecule has 0 saturated carbocycles. The van der Waals surface area contributed by atoms with E-state index < -0.39 is 0 Å². The molecule has 120 valence electrons. The van der Waals surface area contributed by atoms with Gasteiger partial charge in [0.15, 0.2) is 0 Å². The Morgan fingerprint density at radius 1 is 1.18 bits per heavy atom. The molecule has 1 aromatic carbocycles. The third-order valence-electron chi connectivity index (χ3n) is 3.76. The van der Waals surface area contributed by atoms with Crippen molar-refractivity contribution in [2.45, 2.75) is 39.2 Å². The van der Waals surface area contributed by atoms with Gasteiger partial charge in [0.05, 0.1) is 5.56 Å². The van der Waals surface area contributed by atoms with Crippen LogP contribution in [0.1, 0.15) is 44.0 Å². The van der Waals surface area contributed by atoms with Crippen LogP contribution in [0.5, 0.6) is 0 Å². The lowest BCUT2D eigenvalue weighted by molar-refractivity contribution is -0.127. The lowest BCUT2D eigenvalue weighted by Crippen LogP contribution is -2.47. The van der Waals surface area contributed by atoms with E-state index in [-0.39, 0.29) is 23.3 Å². The van der Waals surface area contributed by atoms with Crippen molar-refractivity contribution in [2.75, 3.05) is 13.1 Å². The predicted molar refractivity (Wildman–Crippen MR) is 90.7 cm³/mol. The number of piperidine rings is 1. The molecule has 0 aliphatic carbocycles. The zero-order valence-electron chi connectivity index (χ0n) is 13.4. The van der Waals surface area contributed by atoms with Crippen LogP contribution < -0.4 is 5.32 Å². The molecule has 0 spiro atoms. The zero-order valence-corrected chi connectivity index (χ0v) is 14.9. The Morgan fingerprint density at radius 2 is 1.77 bits per heavy atom. The van der Waals surface area contributed by atoms with Gasteiger partial charge in [-0.1, -0.05) is 12.1 Å². The summed E-state index contributed by atoms with van der Waals surface area (Å²) in [5.41, 5.74) is 0.471. The van der Waals surface area contributed by atoms with E-state index in [4.69, 9.17) is 0 Å². The fourth-order valence-electron chi connectivity index (χ4n) is 2.62. The smallest absolute Gasteiger partial charge is 0.254 e. The van der Waals surface area contributed by atoms with Gasteiger partial charge in [0.2, 0.25) is 5.91 Å². The summed E-state index contributed by atoms with van der Waals surface area (Å²) in [5, 5.41) is 3.02. The number of rotatable bonds is 2. The molecule has 4 nitrogen and oxygen atoms in total. The van der Waals surface area contributed by atoms with Crippen LogP contribution >= 0.6 is 15.9 Å². The molecule has 22 heavy (non-hydrogen) atoms. The Hall–Kier alpha value is -1.36. The average molecular weight is 367 g/mol. The molecule has 0 aromatic heterocycles. The van der Waals surface area contributed by atoms with Crippen molar-refractivity contribution in [3.8, 4) is 0 Å². The molecule has 1 aliphatic heterocycles. The van der Waals surface area contributed by atoms with E-state index in [1.807, 2.05) is 49.9 Å². The van der Waals surface area contributed by atoms with Gasteiger partial charge in [-0.15, -0.1) is 0 Å². The Kier molecular flexibility index (Phi) is 5.27. The molecule has 2 rings (SSSR count). The largest absolute Gasteiger partial charge is 0.351 e. The van der Waals surface area contributed by atoms with Crippen molar-refractivity contribution in [1.29, 1.82) is 0 Å². The third kappa shape index (κ3) is 4.32. The Morgan fingerprint density at radius 3 is 2.32 bits per heavy atom. The normalized spacial score (nSPS) is 16.5. The van der Waals surface area contributed by atoms with Crippen LogP contribution in [0.15, 0.2) is 28.7 Å². The standard InChI is InChI=1S/C17H23BrN2O2/c1-17(2,3)19-15(21)12-8-10-20(11-9-12)16(22)13-6-4-5-7-14(13)18/h4-7,12H,8-11H2,1-3H3,(H,19,21). The van der Waals surface area contributed by atoms with Gasteiger partial charge in [-0.3, -0.25) is 9.59 Å². The van der Waals surface area contributed by atoms with Gasteiger partial charge in [-0.2, -0.15) is 0 Å². The Balaban J connectivity index is 1.94. The maximum atomic E-state index is 12.5. The van der Waals surface area contributed by atoms with Gasteiger partial charge in [-0.25, -0.2) is 0 Å². The summed E-state index contributed by atoms with van der Waals surface area (Å²) in [4.78, 5) is 26.5. The number of hydrogen-bond acceptors (Lipinski definition) is 2. The number of nitrogens with zero attached hydrogens (tertiary/aromatic N) is 1. The highest BCUT2D eigenvalue weighted by atomic mass is 79.9. The molecule has 5 heteroatoms. The minimum atomic E-state index is -0.209. The molecule has 0 unspecified atom stereocenters. The molecule has 1 aliphatic rings. The van der Waals surface area contributed by atoms with Gasteiger partial charge in [-0.05, 0) is 61.7 Å². The van der Waals surface area contributed by atoms with Crippen molar-refractivity contribution < 1.29 is 9.59 Å². The number of amides is 2. The summed E-state index contributed by atoms with van der Waals surface area (Å²) in [6, 6.07) is 7.45. The minimum Gasteiger partial charge on any atom is -0.351 e. The number of carbonyl (C=O) groups excluding carboxylic acids is 2. The van der Waals surface area contributed by atoms with Crippen LogP contribution in [0.2, 0.25) is 0 Å². The zero-order chi connectivity index (χ0) is 16.3. The van der Waals surface area contributed by atoms with E-state index in [1.165, 1.54) is 0 Å². The summed E-state index contributed by atoms with van der Waals surface area (Å²) in [6.45, 7) is 7.20. The number of carbonyl (C=O) groups is 2. The van der Waals surface area contributed by atoms with Crippen LogP contribution in [0, 0.1) is 5.92 Å². The van der Waals surface area contributed by atoms with Gasteiger partial charge in [0.25, 0.3) is 5.91 Å². The van der Waals surface area contributed by atoms with Crippen molar-refractivity contribution >= 4 is 27.7 Å².